The topological polar surface area (TPSA) is 42.5 Å². The summed E-state index contributed by atoms with van der Waals surface area (Å²) in [6, 6.07) is 18.9. The maximum absolute atomic E-state index is 13.1. The lowest BCUT2D eigenvalue weighted by atomic mass is 10.1. The summed E-state index contributed by atoms with van der Waals surface area (Å²) in [4.78, 5) is 4.64. The number of imidazole rings is 1. The summed E-state index contributed by atoms with van der Waals surface area (Å²) >= 11 is 12.2. The van der Waals surface area contributed by atoms with E-state index in [4.69, 9.17) is 27.6 Å². The molecule has 0 atom stereocenters. The van der Waals surface area contributed by atoms with E-state index in [1.807, 2.05) is 12.1 Å². The Labute approximate surface area is 196 Å². The molecular formula is C24H14Cl2F3N3O. The van der Waals surface area contributed by atoms with Crippen molar-refractivity contribution in [3.8, 4) is 22.8 Å². The van der Waals surface area contributed by atoms with Gasteiger partial charge in [-0.3, -0.25) is 4.40 Å². The molecule has 4 nitrogen and oxygen atoms in total. The zero-order valence-corrected chi connectivity index (χ0v) is 18.2. The Morgan fingerprint density at radius 3 is 2.33 bits per heavy atom. The lowest BCUT2D eigenvalue weighted by Crippen LogP contribution is -2.04. The SMILES string of the molecule is FC(F)(F)c1cccc(-c2ccc(-c3nc4ccc(Cl)cn4c3Nc3ccc(Cl)cc3)o2)c1. The molecule has 0 aliphatic carbocycles. The highest BCUT2D eigenvalue weighted by Crippen LogP contribution is 2.37. The Hall–Kier alpha value is -3.42. The number of rotatable bonds is 4. The zero-order chi connectivity index (χ0) is 23.2. The number of furan rings is 1. The number of anilines is 2. The normalized spacial score (nSPS) is 11.8. The molecule has 3 heterocycles. The highest BCUT2D eigenvalue weighted by atomic mass is 35.5. The third kappa shape index (κ3) is 4.29. The summed E-state index contributed by atoms with van der Waals surface area (Å²) in [6.07, 6.45) is -2.73. The number of nitrogens with zero attached hydrogens (tertiary/aromatic N) is 2. The highest BCUT2D eigenvalue weighted by molar-refractivity contribution is 6.30. The van der Waals surface area contributed by atoms with Crippen molar-refractivity contribution >= 4 is 40.4 Å². The quantitative estimate of drug-likeness (QED) is 0.277. The standard InChI is InChI=1S/C24H14Cl2F3N3O/c25-16-4-7-18(8-5-16)30-23-22(31-21-11-6-17(26)13-32(21)23)20-10-9-19(33-20)14-2-1-3-15(12-14)24(27,28)29/h1-13,30H. The van der Waals surface area contributed by atoms with E-state index >= 15 is 0 Å². The van der Waals surface area contributed by atoms with E-state index in [1.165, 1.54) is 6.07 Å². The summed E-state index contributed by atoms with van der Waals surface area (Å²) in [5, 5.41) is 4.41. The Balaban J connectivity index is 1.59. The maximum Gasteiger partial charge on any atom is 0.416 e. The van der Waals surface area contributed by atoms with Crippen LogP contribution in [0.1, 0.15) is 5.56 Å². The van der Waals surface area contributed by atoms with Crippen molar-refractivity contribution < 1.29 is 17.6 Å². The minimum absolute atomic E-state index is 0.295. The summed E-state index contributed by atoms with van der Waals surface area (Å²) in [6.45, 7) is 0. The lowest BCUT2D eigenvalue weighted by Gasteiger charge is -2.09. The van der Waals surface area contributed by atoms with E-state index in [1.54, 1.807) is 53.1 Å². The molecule has 2 aromatic carbocycles. The Morgan fingerprint density at radius 1 is 0.848 bits per heavy atom. The van der Waals surface area contributed by atoms with Crippen molar-refractivity contribution in [2.75, 3.05) is 5.32 Å². The predicted octanol–water partition coefficient (Wildman–Crippen LogP) is 8.33. The molecule has 5 aromatic rings. The first-order chi connectivity index (χ1) is 15.8. The fourth-order valence-electron chi connectivity index (χ4n) is 3.45. The maximum atomic E-state index is 13.1. The third-order valence-corrected chi connectivity index (χ3v) is 5.48. The van der Waals surface area contributed by atoms with Gasteiger partial charge in [0.1, 0.15) is 22.9 Å². The lowest BCUT2D eigenvalue weighted by molar-refractivity contribution is -0.137. The van der Waals surface area contributed by atoms with Crippen molar-refractivity contribution in [3.05, 3.63) is 94.6 Å². The number of alkyl halides is 3. The van der Waals surface area contributed by atoms with Crippen LogP contribution >= 0.6 is 23.2 Å². The van der Waals surface area contributed by atoms with Crippen molar-refractivity contribution in [2.45, 2.75) is 6.18 Å². The first kappa shape index (κ1) is 21.4. The van der Waals surface area contributed by atoms with Crippen molar-refractivity contribution in [2.24, 2.45) is 0 Å². The molecule has 0 aliphatic heterocycles. The molecule has 0 bridgehead atoms. The van der Waals surface area contributed by atoms with Crippen LogP contribution in [0.25, 0.3) is 28.4 Å². The molecule has 9 heteroatoms. The summed E-state index contributed by atoms with van der Waals surface area (Å²) in [5.74, 6) is 1.27. The molecule has 166 valence electrons. The van der Waals surface area contributed by atoms with Gasteiger partial charge in [0.15, 0.2) is 5.76 Å². The van der Waals surface area contributed by atoms with E-state index in [-0.39, 0.29) is 0 Å². The second kappa shape index (κ2) is 8.17. The van der Waals surface area contributed by atoms with Gasteiger partial charge in [0.2, 0.25) is 0 Å². The highest BCUT2D eigenvalue weighted by Gasteiger charge is 2.30. The minimum atomic E-state index is -4.44. The van der Waals surface area contributed by atoms with Gasteiger partial charge in [0.25, 0.3) is 0 Å². The van der Waals surface area contributed by atoms with Crippen LogP contribution in [0.15, 0.2) is 83.4 Å². The van der Waals surface area contributed by atoms with Gasteiger partial charge >= 0.3 is 6.18 Å². The largest absolute Gasteiger partial charge is 0.454 e. The number of hydrogen-bond donors (Lipinski definition) is 1. The molecule has 3 aromatic heterocycles. The number of aromatic nitrogens is 2. The summed E-state index contributed by atoms with van der Waals surface area (Å²) < 4.78 is 47.1. The second-order valence-electron chi connectivity index (χ2n) is 7.26. The number of nitrogens with one attached hydrogen (secondary N) is 1. The zero-order valence-electron chi connectivity index (χ0n) is 16.7. The van der Waals surface area contributed by atoms with Crippen LogP contribution in [0, 0.1) is 0 Å². The Bertz CT molecular complexity index is 1460. The molecule has 0 unspecified atom stereocenters. The molecule has 0 spiro atoms. The van der Waals surface area contributed by atoms with E-state index in [2.05, 4.69) is 10.3 Å². The smallest absolute Gasteiger partial charge is 0.416 e. The molecule has 0 radical (unpaired) electrons. The van der Waals surface area contributed by atoms with E-state index in [0.29, 0.717) is 44.3 Å². The average Bonchev–Trinajstić information content (AvgIpc) is 3.40. The molecule has 33 heavy (non-hydrogen) atoms. The van der Waals surface area contributed by atoms with Gasteiger partial charge in [0, 0.05) is 22.5 Å². The number of hydrogen-bond acceptors (Lipinski definition) is 3. The van der Waals surface area contributed by atoms with Crippen molar-refractivity contribution in [1.29, 1.82) is 0 Å². The van der Waals surface area contributed by atoms with Crippen LogP contribution < -0.4 is 5.32 Å². The number of halogens is 5. The van der Waals surface area contributed by atoms with Crippen LogP contribution in [0.4, 0.5) is 24.7 Å². The van der Waals surface area contributed by atoms with Crippen LogP contribution in [0.3, 0.4) is 0 Å². The van der Waals surface area contributed by atoms with Gasteiger partial charge in [-0.2, -0.15) is 13.2 Å². The molecule has 0 fully saturated rings. The number of benzene rings is 2. The fourth-order valence-corrected chi connectivity index (χ4v) is 3.74. The molecule has 5 rings (SSSR count). The van der Waals surface area contributed by atoms with Gasteiger partial charge in [0.05, 0.1) is 10.6 Å². The van der Waals surface area contributed by atoms with Gasteiger partial charge < -0.3 is 9.73 Å². The van der Waals surface area contributed by atoms with Crippen LogP contribution in [0.2, 0.25) is 10.0 Å². The summed E-state index contributed by atoms with van der Waals surface area (Å²) in [7, 11) is 0. The molecule has 0 saturated carbocycles. The van der Waals surface area contributed by atoms with Crippen molar-refractivity contribution in [1.82, 2.24) is 9.38 Å². The first-order valence-electron chi connectivity index (χ1n) is 9.76. The molecular weight excluding hydrogens is 474 g/mol. The Morgan fingerprint density at radius 2 is 1.58 bits per heavy atom. The molecule has 0 saturated heterocycles. The third-order valence-electron chi connectivity index (χ3n) is 5.00. The van der Waals surface area contributed by atoms with Crippen molar-refractivity contribution in [3.63, 3.8) is 0 Å². The van der Waals surface area contributed by atoms with Crippen LogP contribution in [-0.4, -0.2) is 9.38 Å². The van der Waals surface area contributed by atoms with Gasteiger partial charge in [-0.05, 0) is 60.7 Å². The van der Waals surface area contributed by atoms with E-state index in [0.717, 1.165) is 17.8 Å². The van der Waals surface area contributed by atoms with E-state index < -0.39 is 11.7 Å². The fraction of sp³-hybridized carbons (Fsp3) is 0.0417. The average molecular weight is 488 g/mol. The Kier molecular flexibility index (Phi) is 5.31. The number of pyridine rings is 1. The molecule has 0 aliphatic rings. The number of fused-ring (bicyclic) bond motifs is 1. The molecule has 1 N–H and O–H groups in total. The van der Waals surface area contributed by atoms with Crippen LogP contribution in [-0.2, 0) is 6.18 Å². The van der Waals surface area contributed by atoms with E-state index in [9.17, 15) is 13.2 Å². The van der Waals surface area contributed by atoms with Gasteiger partial charge in [-0.1, -0.05) is 35.3 Å². The van der Waals surface area contributed by atoms with Gasteiger partial charge in [-0.25, -0.2) is 4.98 Å². The molecule has 0 amide bonds. The van der Waals surface area contributed by atoms with Crippen LogP contribution in [0.5, 0.6) is 0 Å². The minimum Gasteiger partial charge on any atom is -0.454 e. The predicted molar refractivity (Wildman–Crippen MR) is 123 cm³/mol. The van der Waals surface area contributed by atoms with Gasteiger partial charge in [-0.15, -0.1) is 0 Å². The summed E-state index contributed by atoms with van der Waals surface area (Å²) in [5.41, 5.74) is 1.42. The monoisotopic (exact) mass is 487 g/mol. The second-order valence-corrected chi connectivity index (χ2v) is 8.13. The first-order valence-corrected chi connectivity index (χ1v) is 10.5.